The summed E-state index contributed by atoms with van der Waals surface area (Å²) in [4.78, 5) is 28.4. The number of nitrogens with one attached hydrogen (secondary N) is 2. The first-order valence-electron chi connectivity index (χ1n) is 9.28. The number of likely N-dealkylation sites (tertiary alicyclic amines) is 2. The summed E-state index contributed by atoms with van der Waals surface area (Å²) in [6, 6.07) is 0.750. The van der Waals surface area contributed by atoms with Crippen LogP contribution < -0.4 is 10.6 Å². The van der Waals surface area contributed by atoms with Crippen LogP contribution in [0.1, 0.15) is 51.4 Å². The molecular weight excluding hydrogens is 292 g/mol. The van der Waals surface area contributed by atoms with Crippen LogP contribution in [0.5, 0.6) is 0 Å². The molecule has 2 aliphatic heterocycles. The highest BCUT2D eigenvalue weighted by Crippen LogP contribution is 2.26. The highest BCUT2D eigenvalue weighted by molar-refractivity contribution is 5.84. The van der Waals surface area contributed by atoms with Crippen LogP contribution >= 0.6 is 0 Å². The van der Waals surface area contributed by atoms with E-state index in [1.807, 2.05) is 4.90 Å². The van der Waals surface area contributed by atoms with E-state index in [2.05, 4.69) is 15.5 Å². The zero-order chi connectivity index (χ0) is 16.1. The summed E-state index contributed by atoms with van der Waals surface area (Å²) in [5.41, 5.74) is 0. The van der Waals surface area contributed by atoms with Crippen molar-refractivity contribution >= 4 is 11.9 Å². The predicted molar refractivity (Wildman–Crippen MR) is 89.2 cm³/mol. The number of carbonyl (C=O) groups is 2. The van der Waals surface area contributed by atoms with Crippen LogP contribution in [0, 0.1) is 0 Å². The van der Waals surface area contributed by atoms with Gasteiger partial charge < -0.3 is 15.5 Å². The van der Waals surface area contributed by atoms with Crippen molar-refractivity contribution in [2.75, 3.05) is 32.7 Å². The molecule has 0 aromatic heterocycles. The Morgan fingerprint density at radius 3 is 2.39 bits per heavy atom. The first-order chi connectivity index (χ1) is 11.2. The van der Waals surface area contributed by atoms with Crippen LogP contribution in [-0.2, 0) is 4.79 Å². The number of nitrogens with zero attached hydrogens (tertiary/aromatic N) is 2. The summed E-state index contributed by atoms with van der Waals surface area (Å²) in [5, 5.41) is 5.76. The third-order valence-electron chi connectivity index (χ3n) is 5.50. The fourth-order valence-electron chi connectivity index (χ4n) is 4.15. The van der Waals surface area contributed by atoms with Crippen LogP contribution in [0.25, 0.3) is 0 Å². The molecule has 6 nitrogen and oxygen atoms in total. The van der Waals surface area contributed by atoms with Gasteiger partial charge in [-0.15, -0.1) is 0 Å². The maximum Gasteiger partial charge on any atom is 0.315 e. The van der Waals surface area contributed by atoms with Gasteiger partial charge in [0.05, 0.1) is 6.54 Å². The van der Waals surface area contributed by atoms with Gasteiger partial charge in [-0.1, -0.05) is 12.8 Å². The lowest BCUT2D eigenvalue weighted by Gasteiger charge is -2.27. The molecule has 3 aliphatic rings. The Morgan fingerprint density at radius 1 is 0.913 bits per heavy atom. The second-order valence-corrected chi connectivity index (χ2v) is 7.19. The lowest BCUT2D eigenvalue weighted by molar-refractivity contribution is -0.130. The van der Waals surface area contributed by atoms with Crippen molar-refractivity contribution in [1.82, 2.24) is 20.4 Å². The van der Waals surface area contributed by atoms with E-state index in [4.69, 9.17) is 0 Å². The molecule has 0 spiro atoms. The first kappa shape index (κ1) is 16.6. The minimum atomic E-state index is -0.200. The average Bonchev–Trinajstić information content (AvgIpc) is 3.24. The fraction of sp³-hybridized carbons (Fsp3) is 0.882. The molecule has 2 saturated heterocycles. The lowest BCUT2D eigenvalue weighted by Crippen LogP contribution is -2.48. The molecule has 6 heteroatoms. The number of rotatable bonds is 4. The molecule has 1 atom stereocenters. The van der Waals surface area contributed by atoms with Crippen LogP contribution in [0.15, 0.2) is 0 Å². The van der Waals surface area contributed by atoms with E-state index < -0.39 is 0 Å². The van der Waals surface area contributed by atoms with Gasteiger partial charge in [-0.3, -0.25) is 9.69 Å². The third kappa shape index (κ3) is 4.59. The Kier molecular flexibility index (Phi) is 5.75. The van der Waals surface area contributed by atoms with Crippen molar-refractivity contribution in [3.63, 3.8) is 0 Å². The molecular formula is C17H30N4O2. The monoisotopic (exact) mass is 322 g/mol. The van der Waals surface area contributed by atoms with Gasteiger partial charge >= 0.3 is 6.03 Å². The van der Waals surface area contributed by atoms with Crippen LogP contribution in [0.3, 0.4) is 0 Å². The summed E-state index contributed by atoms with van der Waals surface area (Å²) in [7, 11) is 0. The normalized spacial score (nSPS) is 26.4. The number of hydrogen-bond donors (Lipinski definition) is 2. The van der Waals surface area contributed by atoms with E-state index in [1.54, 1.807) is 0 Å². The second-order valence-electron chi connectivity index (χ2n) is 7.19. The predicted octanol–water partition coefficient (Wildman–Crippen LogP) is 1.31. The summed E-state index contributed by atoms with van der Waals surface area (Å²) in [6.45, 7) is 3.83. The quantitative estimate of drug-likeness (QED) is 0.820. The van der Waals surface area contributed by atoms with Gasteiger partial charge in [-0.25, -0.2) is 4.79 Å². The molecule has 1 unspecified atom stereocenters. The summed E-state index contributed by atoms with van der Waals surface area (Å²) < 4.78 is 0. The Labute approximate surface area is 139 Å². The maximum absolute atomic E-state index is 12.0. The number of urea groups is 1. The zero-order valence-corrected chi connectivity index (χ0v) is 14.1. The molecule has 2 heterocycles. The molecule has 0 aromatic carbocycles. The lowest BCUT2D eigenvalue weighted by atomic mass is 10.1. The van der Waals surface area contributed by atoms with Gasteiger partial charge in [-0.05, 0) is 38.5 Å². The highest BCUT2D eigenvalue weighted by Gasteiger charge is 2.30. The molecule has 3 amide bonds. The molecule has 1 aliphatic carbocycles. The minimum absolute atomic E-state index is 0.0406. The van der Waals surface area contributed by atoms with E-state index in [9.17, 15) is 9.59 Å². The topological polar surface area (TPSA) is 64.7 Å². The fourth-order valence-corrected chi connectivity index (χ4v) is 4.15. The van der Waals surface area contributed by atoms with E-state index in [-0.39, 0.29) is 24.5 Å². The molecule has 1 saturated carbocycles. The molecule has 0 radical (unpaired) electrons. The summed E-state index contributed by atoms with van der Waals surface area (Å²) in [5.74, 6) is 0.0406. The van der Waals surface area contributed by atoms with E-state index in [0.29, 0.717) is 0 Å². The molecule has 3 rings (SSSR count). The van der Waals surface area contributed by atoms with Crippen molar-refractivity contribution < 1.29 is 9.59 Å². The Hall–Kier alpha value is -1.30. The molecule has 0 aromatic rings. The van der Waals surface area contributed by atoms with Gasteiger partial charge in [-0.2, -0.15) is 0 Å². The summed E-state index contributed by atoms with van der Waals surface area (Å²) in [6.07, 6.45) is 9.69. The van der Waals surface area contributed by atoms with E-state index in [1.165, 1.54) is 32.1 Å². The Bertz CT molecular complexity index is 417. The Balaban J connectivity index is 1.34. The first-order valence-corrected chi connectivity index (χ1v) is 9.28. The largest absolute Gasteiger partial charge is 0.341 e. The summed E-state index contributed by atoms with van der Waals surface area (Å²) >= 11 is 0. The van der Waals surface area contributed by atoms with Gasteiger partial charge in [0.2, 0.25) is 5.91 Å². The van der Waals surface area contributed by atoms with Crippen molar-refractivity contribution in [3.8, 4) is 0 Å². The number of piperidine rings is 1. The van der Waals surface area contributed by atoms with Gasteiger partial charge in [0.15, 0.2) is 0 Å². The Morgan fingerprint density at radius 2 is 1.65 bits per heavy atom. The average molecular weight is 322 g/mol. The van der Waals surface area contributed by atoms with Crippen LogP contribution in [0.4, 0.5) is 4.79 Å². The van der Waals surface area contributed by atoms with Gasteiger partial charge in [0.25, 0.3) is 0 Å². The molecule has 3 fully saturated rings. The SMILES string of the molecule is O=C(NCC(=O)N1CCCCC1)NC1CCN(C2CCCC2)C1. The number of amides is 3. The zero-order valence-electron chi connectivity index (χ0n) is 14.1. The number of hydrogen-bond acceptors (Lipinski definition) is 3. The molecule has 23 heavy (non-hydrogen) atoms. The van der Waals surface area contributed by atoms with Gasteiger partial charge in [0, 0.05) is 38.3 Å². The van der Waals surface area contributed by atoms with Crippen molar-refractivity contribution in [1.29, 1.82) is 0 Å². The smallest absolute Gasteiger partial charge is 0.315 e. The van der Waals surface area contributed by atoms with Crippen molar-refractivity contribution in [3.05, 3.63) is 0 Å². The van der Waals surface area contributed by atoms with E-state index >= 15 is 0 Å². The maximum atomic E-state index is 12.0. The minimum Gasteiger partial charge on any atom is -0.341 e. The molecule has 0 bridgehead atoms. The van der Waals surface area contributed by atoms with Crippen molar-refractivity contribution in [2.45, 2.75) is 63.5 Å². The van der Waals surface area contributed by atoms with Crippen LogP contribution in [0.2, 0.25) is 0 Å². The van der Waals surface area contributed by atoms with Crippen LogP contribution in [-0.4, -0.2) is 66.5 Å². The van der Waals surface area contributed by atoms with Crippen molar-refractivity contribution in [2.24, 2.45) is 0 Å². The van der Waals surface area contributed by atoms with Gasteiger partial charge in [0.1, 0.15) is 0 Å². The second kappa shape index (κ2) is 7.99. The third-order valence-corrected chi connectivity index (χ3v) is 5.50. The highest BCUT2D eigenvalue weighted by atomic mass is 16.2. The number of carbonyl (C=O) groups excluding carboxylic acids is 2. The standard InChI is InChI=1S/C17H30N4O2/c22-16(20-9-4-1-5-10-20)12-18-17(23)19-14-8-11-21(13-14)15-6-2-3-7-15/h14-15H,1-13H2,(H2,18,19,23). The van der Waals surface area contributed by atoms with E-state index in [0.717, 1.165) is 51.5 Å². The molecule has 130 valence electrons. The molecule has 2 N–H and O–H groups in total.